The van der Waals surface area contributed by atoms with E-state index in [0.29, 0.717) is 0 Å². The van der Waals surface area contributed by atoms with E-state index in [1.54, 1.807) is 0 Å². The summed E-state index contributed by atoms with van der Waals surface area (Å²) in [5.41, 5.74) is 1.21. The molecule has 2 aliphatic carbocycles. The van der Waals surface area contributed by atoms with Crippen LogP contribution in [0.5, 0.6) is 0 Å². The van der Waals surface area contributed by atoms with Crippen LogP contribution in [0.1, 0.15) is 41.5 Å². The summed E-state index contributed by atoms with van der Waals surface area (Å²) < 4.78 is 0. The first kappa shape index (κ1) is 17.5. The number of ketones is 1. The normalized spacial score (nSPS) is 29.3. The lowest BCUT2D eigenvalue weighted by atomic mass is 9.80. The molecule has 0 N–H and O–H groups in total. The maximum absolute atomic E-state index is 13.1. The molecule has 0 aromatic rings. The van der Waals surface area contributed by atoms with E-state index in [9.17, 15) is 4.79 Å². The van der Waals surface area contributed by atoms with Gasteiger partial charge in [0.25, 0.3) is 0 Å². The summed E-state index contributed by atoms with van der Waals surface area (Å²) in [5, 5.41) is 0. The van der Waals surface area contributed by atoms with Gasteiger partial charge < -0.3 is 0 Å². The van der Waals surface area contributed by atoms with Crippen molar-refractivity contribution >= 4 is 5.78 Å². The highest BCUT2D eigenvalue weighted by atomic mass is 16.1. The van der Waals surface area contributed by atoms with Gasteiger partial charge in [0.1, 0.15) is 0 Å². The molecule has 122 valence electrons. The van der Waals surface area contributed by atoms with Crippen molar-refractivity contribution < 1.29 is 4.79 Å². The molecule has 1 nitrogen and oxygen atoms in total. The van der Waals surface area contributed by atoms with Crippen molar-refractivity contribution in [3.8, 4) is 0 Å². The lowest BCUT2D eigenvalue weighted by Gasteiger charge is -2.24. The highest BCUT2D eigenvalue weighted by Gasteiger charge is 2.23. The Morgan fingerprint density at radius 3 is 1.83 bits per heavy atom. The molecule has 0 spiro atoms. The third-order valence-electron chi connectivity index (χ3n) is 4.13. The lowest BCUT2D eigenvalue weighted by Crippen LogP contribution is -2.15. The van der Waals surface area contributed by atoms with Crippen LogP contribution in [0.25, 0.3) is 0 Å². The first-order valence-corrected chi connectivity index (χ1v) is 8.26. The fourth-order valence-corrected chi connectivity index (χ4v) is 2.70. The van der Waals surface area contributed by atoms with Gasteiger partial charge in [-0.2, -0.15) is 0 Å². The van der Waals surface area contributed by atoms with Crippen LogP contribution < -0.4 is 0 Å². The number of carbonyl (C=O) groups is 1. The van der Waals surface area contributed by atoms with Gasteiger partial charge in [-0.3, -0.25) is 4.79 Å². The van der Waals surface area contributed by atoms with Gasteiger partial charge in [0.05, 0.1) is 0 Å². The Morgan fingerprint density at radius 2 is 1.17 bits per heavy atom. The molecule has 0 bridgehead atoms. The fourth-order valence-electron chi connectivity index (χ4n) is 2.70. The van der Waals surface area contributed by atoms with Crippen LogP contribution in [-0.4, -0.2) is 5.78 Å². The average molecular weight is 308 g/mol. The molecule has 1 heteroatoms. The Hall–Kier alpha value is -1.89. The van der Waals surface area contributed by atoms with E-state index in [4.69, 9.17) is 0 Å². The SMILES string of the molecule is CC1(C)C=CC=CC(C(=O)C2=C/C(C)(C)/C=C\C(C)(C)/C=C\2)=C1. The maximum atomic E-state index is 13.1. The molecule has 0 heterocycles. The predicted octanol–water partition coefficient (Wildman–Crippen LogP) is 5.74. The Kier molecular flexibility index (Phi) is 4.52. The van der Waals surface area contributed by atoms with E-state index in [1.165, 1.54) is 0 Å². The zero-order valence-electron chi connectivity index (χ0n) is 15.2. The third kappa shape index (κ3) is 4.79. The first-order chi connectivity index (χ1) is 10.5. The Bertz CT molecular complexity index is 671. The zero-order chi connectivity index (χ0) is 17.3. The molecule has 0 aromatic carbocycles. The molecule has 0 aromatic heterocycles. The highest BCUT2D eigenvalue weighted by molar-refractivity contribution is 6.12. The van der Waals surface area contributed by atoms with Gasteiger partial charge in [-0.1, -0.05) is 102 Å². The number of allylic oxidation sites excluding steroid dienone is 12. The van der Waals surface area contributed by atoms with Gasteiger partial charge in [0, 0.05) is 27.4 Å². The van der Waals surface area contributed by atoms with Crippen LogP contribution in [0.2, 0.25) is 0 Å². The smallest absolute Gasteiger partial charge is 0.192 e. The summed E-state index contributed by atoms with van der Waals surface area (Å²) in [6.07, 6.45) is 20.6. The van der Waals surface area contributed by atoms with Crippen LogP contribution in [0.4, 0.5) is 0 Å². The maximum Gasteiger partial charge on any atom is 0.192 e. The number of hydrogen-bond donors (Lipinski definition) is 0. The van der Waals surface area contributed by atoms with E-state index in [1.807, 2.05) is 24.3 Å². The van der Waals surface area contributed by atoms with Crippen molar-refractivity contribution in [2.45, 2.75) is 41.5 Å². The number of carbonyl (C=O) groups excluding carboxylic acids is 1. The molecule has 2 rings (SSSR count). The Morgan fingerprint density at radius 1 is 0.652 bits per heavy atom. The third-order valence-corrected chi connectivity index (χ3v) is 4.13. The molecule has 0 fully saturated rings. The molecule has 0 aliphatic heterocycles. The van der Waals surface area contributed by atoms with Crippen molar-refractivity contribution in [1.82, 2.24) is 0 Å². The zero-order valence-corrected chi connectivity index (χ0v) is 15.2. The van der Waals surface area contributed by atoms with Crippen LogP contribution >= 0.6 is 0 Å². The van der Waals surface area contributed by atoms with Gasteiger partial charge in [0.15, 0.2) is 5.78 Å². The molecule has 0 saturated heterocycles. The van der Waals surface area contributed by atoms with Crippen molar-refractivity contribution in [1.29, 1.82) is 0 Å². The van der Waals surface area contributed by atoms with Crippen molar-refractivity contribution in [2.24, 2.45) is 16.2 Å². The topological polar surface area (TPSA) is 17.1 Å². The molecular formula is C22H28O. The van der Waals surface area contributed by atoms with Crippen LogP contribution in [0.15, 0.2) is 71.9 Å². The van der Waals surface area contributed by atoms with Crippen LogP contribution in [0, 0.1) is 16.2 Å². The molecule has 0 radical (unpaired) electrons. The highest BCUT2D eigenvalue weighted by Crippen LogP contribution is 2.32. The summed E-state index contributed by atoms with van der Waals surface area (Å²) in [4.78, 5) is 13.1. The van der Waals surface area contributed by atoms with Crippen molar-refractivity contribution in [3.63, 3.8) is 0 Å². The summed E-state index contributed by atoms with van der Waals surface area (Å²) >= 11 is 0. The quantitative estimate of drug-likeness (QED) is 0.595. The molecule has 0 saturated carbocycles. The largest absolute Gasteiger partial charge is 0.289 e. The summed E-state index contributed by atoms with van der Waals surface area (Å²) in [7, 11) is 0. The predicted molar refractivity (Wildman–Crippen MR) is 99.1 cm³/mol. The second kappa shape index (κ2) is 5.96. The van der Waals surface area contributed by atoms with Crippen molar-refractivity contribution in [2.75, 3.05) is 0 Å². The molecule has 0 atom stereocenters. The minimum absolute atomic E-state index is 0.0500. The summed E-state index contributed by atoms with van der Waals surface area (Å²) in [6, 6.07) is 0. The fraction of sp³-hybridized carbons (Fsp3) is 0.409. The van der Waals surface area contributed by atoms with E-state index >= 15 is 0 Å². The molecular weight excluding hydrogens is 280 g/mol. The Labute approximate surface area is 140 Å². The minimum atomic E-state index is -0.143. The van der Waals surface area contributed by atoms with Crippen LogP contribution in [0.3, 0.4) is 0 Å². The molecule has 0 amide bonds. The molecule has 0 unspecified atom stereocenters. The number of hydrogen-bond acceptors (Lipinski definition) is 1. The van der Waals surface area contributed by atoms with Crippen LogP contribution in [-0.2, 0) is 4.79 Å². The van der Waals surface area contributed by atoms with E-state index in [0.717, 1.165) is 11.1 Å². The average Bonchev–Trinajstić information content (AvgIpc) is 2.60. The van der Waals surface area contributed by atoms with E-state index in [-0.39, 0.29) is 22.0 Å². The van der Waals surface area contributed by atoms with Gasteiger partial charge in [0.2, 0.25) is 0 Å². The van der Waals surface area contributed by atoms with Gasteiger partial charge in [-0.15, -0.1) is 0 Å². The first-order valence-electron chi connectivity index (χ1n) is 8.26. The molecule has 23 heavy (non-hydrogen) atoms. The number of rotatable bonds is 2. The second-order valence-electron chi connectivity index (χ2n) is 8.38. The summed E-state index contributed by atoms with van der Waals surface area (Å²) in [5.74, 6) is 0.0912. The summed E-state index contributed by atoms with van der Waals surface area (Å²) in [6.45, 7) is 12.8. The lowest BCUT2D eigenvalue weighted by molar-refractivity contribution is -0.111. The van der Waals surface area contributed by atoms with E-state index < -0.39 is 0 Å². The minimum Gasteiger partial charge on any atom is -0.289 e. The van der Waals surface area contributed by atoms with Gasteiger partial charge >= 0.3 is 0 Å². The van der Waals surface area contributed by atoms with Crippen molar-refractivity contribution in [3.05, 3.63) is 71.9 Å². The standard InChI is InChI=1S/C22H28O/c1-20(2)12-10-18(16-22(5,6)14-13-20)19(23)17-9-7-8-11-21(3,4)15-17/h7-16H,1-6H3/b12-10-,14-13-,18-16+. The second-order valence-corrected chi connectivity index (χ2v) is 8.38. The Balaban J connectivity index is 2.45. The molecule has 2 aliphatic rings. The number of Topliss-reactive ketones (excluding diaryl/α,β-unsaturated/α-hetero) is 1. The van der Waals surface area contributed by atoms with Gasteiger partial charge in [-0.25, -0.2) is 0 Å². The van der Waals surface area contributed by atoms with E-state index in [2.05, 4.69) is 78.0 Å². The van der Waals surface area contributed by atoms with Gasteiger partial charge in [-0.05, 0) is 0 Å². The monoisotopic (exact) mass is 308 g/mol.